The van der Waals surface area contributed by atoms with Crippen molar-refractivity contribution in [2.45, 2.75) is 5.38 Å². The Morgan fingerprint density at radius 2 is 2.25 bits per heavy atom. The van der Waals surface area contributed by atoms with Gasteiger partial charge in [0.2, 0.25) is 0 Å². The fraction of sp³-hybridized carbons (Fsp3) is 0.125. The van der Waals surface area contributed by atoms with E-state index >= 15 is 0 Å². The van der Waals surface area contributed by atoms with E-state index in [0.717, 1.165) is 0 Å². The summed E-state index contributed by atoms with van der Waals surface area (Å²) < 4.78 is 13.7. The van der Waals surface area contributed by atoms with Crippen molar-refractivity contribution >= 4 is 27.5 Å². The SMILES string of the molecule is N#CC(Cl)c1cc(Br)ccc1F. The first-order valence-corrected chi connectivity index (χ1v) is 4.36. The van der Waals surface area contributed by atoms with Gasteiger partial charge in [0.25, 0.3) is 0 Å². The lowest BCUT2D eigenvalue weighted by Gasteiger charge is -2.02. The lowest BCUT2D eigenvalue weighted by Crippen LogP contribution is -1.91. The number of hydrogen-bond donors (Lipinski definition) is 0. The van der Waals surface area contributed by atoms with Gasteiger partial charge in [0.05, 0.1) is 6.07 Å². The number of benzene rings is 1. The zero-order chi connectivity index (χ0) is 9.14. The average Bonchev–Trinajstić information content (AvgIpc) is 2.08. The topological polar surface area (TPSA) is 23.8 Å². The third-order valence-electron chi connectivity index (χ3n) is 1.34. The Kier molecular flexibility index (Phi) is 3.07. The van der Waals surface area contributed by atoms with Gasteiger partial charge in [-0.3, -0.25) is 0 Å². The maximum Gasteiger partial charge on any atom is 0.148 e. The molecule has 1 atom stereocenters. The molecule has 0 saturated carbocycles. The molecule has 0 aliphatic rings. The van der Waals surface area contributed by atoms with Crippen molar-refractivity contribution in [3.05, 3.63) is 34.1 Å². The van der Waals surface area contributed by atoms with E-state index in [9.17, 15) is 4.39 Å². The zero-order valence-corrected chi connectivity index (χ0v) is 8.23. The van der Waals surface area contributed by atoms with Crippen molar-refractivity contribution in [3.8, 4) is 6.07 Å². The molecule has 4 heteroatoms. The minimum Gasteiger partial charge on any atom is -0.207 e. The molecule has 1 aromatic rings. The quantitative estimate of drug-likeness (QED) is 0.699. The van der Waals surface area contributed by atoms with Crippen molar-refractivity contribution in [3.63, 3.8) is 0 Å². The van der Waals surface area contributed by atoms with Crippen LogP contribution in [0.5, 0.6) is 0 Å². The minimum absolute atomic E-state index is 0.202. The van der Waals surface area contributed by atoms with E-state index < -0.39 is 11.2 Å². The standard InChI is InChI=1S/C8H4BrClFN/c9-5-1-2-8(11)6(3-5)7(10)4-12/h1-3,7H. The molecule has 0 amide bonds. The molecular weight excluding hydrogens is 244 g/mol. The molecule has 62 valence electrons. The van der Waals surface area contributed by atoms with Crippen LogP contribution in [0.3, 0.4) is 0 Å². The first-order valence-electron chi connectivity index (χ1n) is 3.14. The van der Waals surface area contributed by atoms with Crippen LogP contribution in [0.1, 0.15) is 10.9 Å². The molecule has 0 spiro atoms. The smallest absolute Gasteiger partial charge is 0.148 e. The maximum absolute atomic E-state index is 13.0. The first-order chi connectivity index (χ1) is 5.65. The molecule has 0 saturated heterocycles. The van der Waals surface area contributed by atoms with Gasteiger partial charge in [-0.2, -0.15) is 5.26 Å². The lowest BCUT2D eigenvalue weighted by atomic mass is 10.1. The molecule has 1 aromatic carbocycles. The summed E-state index contributed by atoms with van der Waals surface area (Å²) in [5.41, 5.74) is 0.202. The fourth-order valence-corrected chi connectivity index (χ4v) is 1.32. The molecule has 1 unspecified atom stereocenters. The lowest BCUT2D eigenvalue weighted by molar-refractivity contribution is 0.613. The van der Waals surface area contributed by atoms with Crippen molar-refractivity contribution in [1.29, 1.82) is 5.26 Å². The van der Waals surface area contributed by atoms with Crippen LogP contribution in [0.25, 0.3) is 0 Å². The van der Waals surface area contributed by atoms with E-state index in [1.807, 2.05) is 0 Å². The van der Waals surface area contributed by atoms with Crippen molar-refractivity contribution < 1.29 is 4.39 Å². The summed E-state index contributed by atoms with van der Waals surface area (Å²) in [5, 5.41) is 7.51. The summed E-state index contributed by atoms with van der Waals surface area (Å²) >= 11 is 8.71. The number of nitrogens with zero attached hydrogens (tertiary/aromatic N) is 1. The number of alkyl halides is 1. The van der Waals surface area contributed by atoms with Gasteiger partial charge in [-0.1, -0.05) is 15.9 Å². The van der Waals surface area contributed by atoms with E-state index in [4.69, 9.17) is 16.9 Å². The second-order valence-electron chi connectivity index (χ2n) is 2.16. The van der Waals surface area contributed by atoms with Crippen LogP contribution in [0, 0.1) is 17.1 Å². The maximum atomic E-state index is 13.0. The Morgan fingerprint density at radius 1 is 1.58 bits per heavy atom. The number of halogens is 3. The van der Waals surface area contributed by atoms with Crippen molar-refractivity contribution in [1.82, 2.24) is 0 Å². The summed E-state index contributed by atoms with van der Waals surface area (Å²) in [7, 11) is 0. The molecule has 0 heterocycles. The summed E-state index contributed by atoms with van der Waals surface area (Å²) in [6.45, 7) is 0. The van der Waals surface area contributed by atoms with Gasteiger partial charge in [0.15, 0.2) is 0 Å². The van der Waals surface area contributed by atoms with Crippen LogP contribution < -0.4 is 0 Å². The Balaban J connectivity index is 3.15. The first kappa shape index (κ1) is 9.50. The highest BCUT2D eigenvalue weighted by molar-refractivity contribution is 9.10. The second-order valence-corrected chi connectivity index (χ2v) is 3.51. The molecule has 1 nitrogen and oxygen atoms in total. The normalized spacial score (nSPS) is 12.2. The highest BCUT2D eigenvalue weighted by Crippen LogP contribution is 2.25. The van der Waals surface area contributed by atoms with E-state index in [1.165, 1.54) is 12.1 Å². The van der Waals surface area contributed by atoms with Crippen LogP contribution in [0.2, 0.25) is 0 Å². The van der Waals surface area contributed by atoms with Crippen molar-refractivity contribution in [2.75, 3.05) is 0 Å². The van der Waals surface area contributed by atoms with Gasteiger partial charge in [-0.25, -0.2) is 4.39 Å². The third kappa shape index (κ3) is 1.96. The molecule has 0 aromatic heterocycles. The molecule has 0 radical (unpaired) electrons. The molecule has 0 bridgehead atoms. The molecule has 0 N–H and O–H groups in total. The van der Waals surface area contributed by atoms with E-state index in [0.29, 0.717) is 4.47 Å². The highest BCUT2D eigenvalue weighted by atomic mass is 79.9. The largest absolute Gasteiger partial charge is 0.207 e. The Hall–Kier alpha value is -0.590. The van der Waals surface area contributed by atoms with Gasteiger partial charge in [0.1, 0.15) is 11.2 Å². The summed E-state index contributed by atoms with van der Waals surface area (Å²) in [4.78, 5) is 0. The monoisotopic (exact) mass is 247 g/mol. The molecule has 1 rings (SSSR count). The van der Waals surface area contributed by atoms with Crippen LogP contribution in [-0.2, 0) is 0 Å². The summed E-state index contributed by atoms with van der Waals surface area (Å²) in [6.07, 6.45) is 0. The fourth-order valence-electron chi connectivity index (χ4n) is 0.778. The van der Waals surface area contributed by atoms with Crippen molar-refractivity contribution in [2.24, 2.45) is 0 Å². The second kappa shape index (κ2) is 3.88. The Labute approximate surface area is 82.9 Å². The molecule has 12 heavy (non-hydrogen) atoms. The third-order valence-corrected chi connectivity index (χ3v) is 2.17. The van der Waals surface area contributed by atoms with Gasteiger partial charge in [-0.05, 0) is 18.2 Å². The van der Waals surface area contributed by atoms with Crippen LogP contribution in [-0.4, -0.2) is 0 Å². The number of nitriles is 1. The van der Waals surface area contributed by atoms with E-state index in [1.54, 1.807) is 12.1 Å². The van der Waals surface area contributed by atoms with Crippen LogP contribution in [0.4, 0.5) is 4.39 Å². The van der Waals surface area contributed by atoms with Gasteiger partial charge >= 0.3 is 0 Å². The molecule has 0 fully saturated rings. The van der Waals surface area contributed by atoms with E-state index in [2.05, 4.69) is 15.9 Å². The predicted octanol–water partition coefficient (Wildman–Crippen LogP) is 3.39. The molecule has 0 aliphatic heterocycles. The van der Waals surface area contributed by atoms with E-state index in [-0.39, 0.29) is 5.56 Å². The van der Waals surface area contributed by atoms with Gasteiger partial charge in [-0.15, -0.1) is 11.6 Å². The van der Waals surface area contributed by atoms with Gasteiger partial charge in [0, 0.05) is 10.0 Å². The van der Waals surface area contributed by atoms with Crippen LogP contribution in [0.15, 0.2) is 22.7 Å². The molecule has 0 aliphatic carbocycles. The minimum atomic E-state index is -0.928. The molecular formula is C8H4BrClFN. The summed E-state index contributed by atoms with van der Waals surface area (Å²) in [5.74, 6) is -0.459. The Morgan fingerprint density at radius 3 is 2.83 bits per heavy atom. The zero-order valence-electron chi connectivity index (χ0n) is 5.89. The Bertz CT molecular complexity index is 334. The summed E-state index contributed by atoms with van der Waals surface area (Å²) in [6, 6.07) is 6.08. The average molecular weight is 248 g/mol. The number of hydrogen-bond acceptors (Lipinski definition) is 1. The predicted molar refractivity (Wildman–Crippen MR) is 48.3 cm³/mol. The number of rotatable bonds is 1. The van der Waals surface area contributed by atoms with Crippen LogP contribution >= 0.6 is 27.5 Å². The highest BCUT2D eigenvalue weighted by Gasteiger charge is 2.11. The van der Waals surface area contributed by atoms with Gasteiger partial charge < -0.3 is 0 Å².